The number of nitrogens with zero attached hydrogens (tertiary/aromatic N) is 2. The van der Waals surface area contributed by atoms with Gasteiger partial charge in [-0.05, 0) is 61.9 Å². The second-order valence-corrected chi connectivity index (χ2v) is 13.5. The van der Waals surface area contributed by atoms with Gasteiger partial charge < -0.3 is 25.2 Å². The van der Waals surface area contributed by atoms with Crippen molar-refractivity contribution in [1.82, 2.24) is 15.1 Å². The molecule has 8 nitrogen and oxygen atoms in total. The van der Waals surface area contributed by atoms with Crippen LogP contribution >= 0.6 is 0 Å². The van der Waals surface area contributed by atoms with Crippen molar-refractivity contribution < 1.29 is 19.1 Å². The van der Waals surface area contributed by atoms with E-state index in [0.717, 1.165) is 32.2 Å². The van der Waals surface area contributed by atoms with Crippen LogP contribution in [0.1, 0.15) is 78.2 Å². The van der Waals surface area contributed by atoms with Gasteiger partial charge in [-0.2, -0.15) is 0 Å². The molecule has 3 aliphatic heterocycles. The zero-order valence-corrected chi connectivity index (χ0v) is 26.3. The number of unbranched alkanes of at least 4 members (excludes halogenated alkanes) is 1. The fourth-order valence-corrected chi connectivity index (χ4v) is 7.55. The van der Waals surface area contributed by atoms with Crippen LogP contribution in [0.4, 0.5) is 5.69 Å². The molecule has 0 aromatic heterocycles. The van der Waals surface area contributed by atoms with Crippen LogP contribution < -0.4 is 10.6 Å². The van der Waals surface area contributed by atoms with Crippen molar-refractivity contribution in [2.24, 2.45) is 23.7 Å². The van der Waals surface area contributed by atoms with Crippen LogP contribution in [0.25, 0.3) is 0 Å². The first-order valence-corrected chi connectivity index (χ1v) is 16.1. The number of likely N-dealkylation sites (tertiary alicyclic amines) is 1. The summed E-state index contributed by atoms with van der Waals surface area (Å²) in [5, 5.41) is 6.38. The number of rotatable bonds is 11. The maximum absolute atomic E-state index is 14.2. The van der Waals surface area contributed by atoms with Gasteiger partial charge in [0.2, 0.25) is 17.7 Å². The Morgan fingerprint density at radius 3 is 2.55 bits per heavy atom. The number of carbonyl (C=O) groups excluding carboxylic acids is 3. The van der Waals surface area contributed by atoms with Gasteiger partial charge in [-0.3, -0.25) is 14.4 Å². The molecular formula is C34H50N4O4. The van der Waals surface area contributed by atoms with Gasteiger partial charge in [0.1, 0.15) is 11.6 Å². The summed E-state index contributed by atoms with van der Waals surface area (Å²) < 4.78 is 6.54. The molecule has 0 radical (unpaired) electrons. The van der Waals surface area contributed by atoms with Gasteiger partial charge in [0.15, 0.2) is 0 Å². The first kappa shape index (κ1) is 30.7. The topological polar surface area (TPSA) is 91.0 Å². The summed E-state index contributed by atoms with van der Waals surface area (Å²) in [6.45, 7) is 12.9. The summed E-state index contributed by atoms with van der Waals surface area (Å²) in [4.78, 5) is 46.1. The summed E-state index contributed by atoms with van der Waals surface area (Å²) in [5.41, 5.74) is 0.750. The summed E-state index contributed by atoms with van der Waals surface area (Å²) in [5.74, 6) is -0.707. The molecule has 1 aromatic carbocycles. The van der Waals surface area contributed by atoms with E-state index >= 15 is 0 Å². The fourth-order valence-electron chi connectivity index (χ4n) is 7.55. The molecule has 3 fully saturated rings. The summed E-state index contributed by atoms with van der Waals surface area (Å²) in [6.07, 6.45) is 8.62. The molecule has 1 aliphatic carbocycles. The minimum absolute atomic E-state index is 0.0661. The second-order valence-electron chi connectivity index (χ2n) is 13.5. The van der Waals surface area contributed by atoms with Crippen LogP contribution in [0.3, 0.4) is 0 Å². The molecule has 8 atom stereocenters. The van der Waals surface area contributed by atoms with Gasteiger partial charge in [0.25, 0.3) is 0 Å². The molecule has 2 N–H and O–H groups in total. The summed E-state index contributed by atoms with van der Waals surface area (Å²) in [6, 6.07) is 7.11. The monoisotopic (exact) mass is 578 g/mol. The zero-order valence-electron chi connectivity index (χ0n) is 26.3. The molecule has 3 amide bonds. The number of fused-ring (bicyclic) bond motifs is 1. The maximum atomic E-state index is 14.2. The van der Waals surface area contributed by atoms with E-state index < -0.39 is 29.6 Å². The molecule has 2 bridgehead atoms. The van der Waals surface area contributed by atoms with Gasteiger partial charge in [-0.1, -0.05) is 78.2 Å². The molecule has 8 heteroatoms. The summed E-state index contributed by atoms with van der Waals surface area (Å²) >= 11 is 0. The number of likely N-dealkylation sites (N-methyl/N-ethyl adjacent to an activating group) is 1. The van der Waals surface area contributed by atoms with Crippen LogP contribution in [0.5, 0.6) is 0 Å². The van der Waals surface area contributed by atoms with E-state index in [1.165, 1.54) is 12.0 Å². The Hall–Kier alpha value is -2.71. The largest absolute Gasteiger partial charge is 0.359 e. The number of benzene rings is 1. The van der Waals surface area contributed by atoms with Crippen molar-refractivity contribution in [2.75, 3.05) is 32.0 Å². The minimum Gasteiger partial charge on any atom is -0.359 e. The molecule has 4 aliphatic rings. The molecule has 1 aromatic rings. The smallest absolute Gasteiger partial charge is 0.246 e. The highest BCUT2D eigenvalue weighted by Gasteiger charge is 2.72. The third-order valence-corrected chi connectivity index (χ3v) is 10.4. The SMILES string of the molecule is CCCCN(C)CCN1C(=O)[C@H]2[C@H](C(=O)Nc3ccc(C(C)C)cc3)[C@H]3C=C[C@@]2(O3)[C@@H]1C(=O)N[C@@H]1CCC[C@@H](C)[C@H]1C. The number of carbonyl (C=O) groups is 3. The van der Waals surface area contributed by atoms with Crippen LogP contribution in [0.2, 0.25) is 0 Å². The molecule has 230 valence electrons. The lowest BCUT2D eigenvalue weighted by Gasteiger charge is -2.38. The van der Waals surface area contributed by atoms with Gasteiger partial charge in [0, 0.05) is 24.8 Å². The fraction of sp³-hybridized carbons (Fsp3) is 0.676. The molecular weight excluding hydrogens is 528 g/mol. The number of amides is 3. The first-order chi connectivity index (χ1) is 20.1. The van der Waals surface area contributed by atoms with E-state index in [9.17, 15) is 14.4 Å². The lowest BCUT2D eigenvalue weighted by molar-refractivity contribution is -0.141. The number of nitrogens with one attached hydrogen (secondary N) is 2. The highest BCUT2D eigenvalue weighted by atomic mass is 16.5. The van der Waals surface area contributed by atoms with Crippen LogP contribution in [0, 0.1) is 23.7 Å². The lowest BCUT2D eigenvalue weighted by atomic mass is 9.73. The van der Waals surface area contributed by atoms with Crippen molar-refractivity contribution in [2.45, 2.75) is 96.4 Å². The van der Waals surface area contributed by atoms with E-state index in [1.807, 2.05) is 36.4 Å². The van der Waals surface area contributed by atoms with Gasteiger partial charge >= 0.3 is 0 Å². The average molecular weight is 579 g/mol. The van der Waals surface area contributed by atoms with Gasteiger partial charge in [-0.15, -0.1) is 0 Å². The van der Waals surface area contributed by atoms with Crippen molar-refractivity contribution in [1.29, 1.82) is 0 Å². The lowest BCUT2D eigenvalue weighted by Crippen LogP contribution is -2.58. The standard InChI is InChI=1S/C34H50N4O4/c1-7-8-18-37(6)19-20-38-30(32(40)36-26-11-9-10-22(4)23(26)5)34-17-16-27(42-34)28(29(34)33(38)41)31(39)35-25-14-12-24(13-15-25)21(2)3/h12-17,21-23,26-30H,7-11,18-20H2,1-6H3,(H,35,39)(H,36,40)/t22-,23-,26-,27-,28-,29-,30+,34+/m1/s1. The normalized spacial score (nSPS) is 33.5. The molecule has 42 heavy (non-hydrogen) atoms. The molecule has 3 heterocycles. The quantitative estimate of drug-likeness (QED) is 0.376. The average Bonchev–Trinajstić information content (AvgIpc) is 3.60. The zero-order chi connectivity index (χ0) is 30.2. The van der Waals surface area contributed by atoms with Crippen molar-refractivity contribution >= 4 is 23.4 Å². The van der Waals surface area contributed by atoms with Gasteiger partial charge in [0.05, 0.1) is 17.9 Å². The summed E-state index contributed by atoms with van der Waals surface area (Å²) in [7, 11) is 2.05. The Bertz CT molecular complexity index is 1180. The number of ether oxygens (including phenoxy) is 1. The van der Waals surface area contributed by atoms with E-state index in [1.54, 1.807) is 4.90 Å². The molecule has 2 saturated heterocycles. The van der Waals surface area contributed by atoms with Gasteiger partial charge in [-0.25, -0.2) is 0 Å². The first-order valence-electron chi connectivity index (χ1n) is 16.1. The van der Waals surface area contributed by atoms with E-state index in [0.29, 0.717) is 36.5 Å². The number of anilines is 1. The molecule has 5 rings (SSSR count). The predicted octanol–water partition coefficient (Wildman–Crippen LogP) is 4.57. The minimum atomic E-state index is -1.14. The van der Waals surface area contributed by atoms with E-state index in [2.05, 4.69) is 57.2 Å². The number of hydrogen-bond donors (Lipinski definition) is 2. The van der Waals surface area contributed by atoms with Crippen molar-refractivity contribution in [3.63, 3.8) is 0 Å². The van der Waals surface area contributed by atoms with Crippen LogP contribution in [0.15, 0.2) is 36.4 Å². The van der Waals surface area contributed by atoms with Crippen LogP contribution in [-0.4, -0.2) is 78.0 Å². The second kappa shape index (κ2) is 12.5. The Morgan fingerprint density at radius 2 is 1.86 bits per heavy atom. The Balaban J connectivity index is 1.40. The van der Waals surface area contributed by atoms with E-state index in [-0.39, 0.29) is 23.8 Å². The third kappa shape index (κ3) is 5.64. The highest BCUT2D eigenvalue weighted by Crippen LogP contribution is 2.55. The molecule has 0 unspecified atom stereocenters. The Labute approximate surface area is 251 Å². The van der Waals surface area contributed by atoms with E-state index in [4.69, 9.17) is 4.74 Å². The highest BCUT2D eigenvalue weighted by molar-refractivity contribution is 6.02. The Morgan fingerprint density at radius 1 is 1.12 bits per heavy atom. The van der Waals surface area contributed by atoms with Crippen LogP contribution in [-0.2, 0) is 19.1 Å². The predicted molar refractivity (Wildman–Crippen MR) is 165 cm³/mol. The van der Waals surface area contributed by atoms with Crippen molar-refractivity contribution in [3.8, 4) is 0 Å². The molecule has 1 spiro atoms. The number of hydrogen-bond acceptors (Lipinski definition) is 5. The van der Waals surface area contributed by atoms with Crippen molar-refractivity contribution in [3.05, 3.63) is 42.0 Å². The third-order valence-electron chi connectivity index (χ3n) is 10.4. The Kier molecular flexibility index (Phi) is 9.14. The maximum Gasteiger partial charge on any atom is 0.246 e. The molecule has 1 saturated carbocycles.